The van der Waals surface area contributed by atoms with E-state index >= 15 is 0 Å². The fourth-order valence-electron chi connectivity index (χ4n) is 1.67. The lowest BCUT2D eigenvalue weighted by Gasteiger charge is -2.22. The predicted octanol–water partition coefficient (Wildman–Crippen LogP) is 1.09. The van der Waals surface area contributed by atoms with Crippen LogP contribution in [0, 0.1) is 0 Å². The Balaban J connectivity index is 0.00000225. The summed E-state index contributed by atoms with van der Waals surface area (Å²) >= 11 is 0. The summed E-state index contributed by atoms with van der Waals surface area (Å²) in [5.41, 5.74) is 0. The molecule has 1 amide bonds. The minimum atomic E-state index is 0. The third-order valence-corrected chi connectivity index (χ3v) is 2.48. The van der Waals surface area contributed by atoms with Gasteiger partial charge in [-0.2, -0.15) is 0 Å². The second-order valence-corrected chi connectivity index (χ2v) is 4.21. The van der Waals surface area contributed by atoms with Crippen LogP contribution in [0.5, 0.6) is 0 Å². The van der Waals surface area contributed by atoms with Crippen LogP contribution in [0.2, 0.25) is 0 Å². The molecule has 0 aromatic carbocycles. The smallest absolute Gasteiger partial charge is 0.237 e. The van der Waals surface area contributed by atoms with Crippen LogP contribution in [0.3, 0.4) is 0 Å². The zero-order valence-electron chi connectivity index (χ0n) is 10.1. The van der Waals surface area contributed by atoms with Crippen molar-refractivity contribution in [1.29, 1.82) is 0 Å². The molecule has 1 aliphatic rings. The fraction of sp³-hybridized carbons (Fsp3) is 0.909. The first-order valence-corrected chi connectivity index (χ1v) is 5.83. The Morgan fingerprint density at radius 3 is 2.81 bits per heavy atom. The van der Waals surface area contributed by atoms with Crippen molar-refractivity contribution in [3.8, 4) is 0 Å². The van der Waals surface area contributed by atoms with Gasteiger partial charge in [0.1, 0.15) is 0 Å². The molecule has 2 N–H and O–H groups in total. The molecule has 0 aromatic rings. The van der Waals surface area contributed by atoms with Crippen molar-refractivity contribution in [3.05, 3.63) is 0 Å². The highest BCUT2D eigenvalue weighted by Crippen LogP contribution is 2.06. The van der Waals surface area contributed by atoms with Crippen LogP contribution >= 0.6 is 12.4 Å². The topological polar surface area (TPSA) is 50.4 Å². The van der Waals surface area contributed by atoms with Crippen LogP contribution in [0.4, 0.5) is 0 Å². The maximum absolute atomic E-state index is 11.6. The number of hydrogen-bond acceptors (Lipinski definition) is 3. The minimum absolute atomic E-state index is 0. The van der Waals surface area contributed by atoms with E-state index in [9.17, 15) is 4.79 Å². The molecule has 1 fully saturated rings. The number of ether oxygens (including phenoxy) is 1. The summed E-state index contributed by atoms with van der Waals surface area (Å²) in [5, 5.41) is 6.10. The summed E-state index contributed by atoms with van der Waals surface area (Å²) in [6.45, 7) is 6.14. The summed E-state index contributed by atoms with van der Waals surface area (Å²) in [6.07, 6.45) is 3.51. The molecule has 0 unspecified atom stereocenters. The van der Waals surface area contributed by atoms with Crippen molar-refractivity contribution in [2.75, 3.05) is 19.7 Å². The lowest BCUT2D eigenvalue weighted by atomic mass is 10.0. The molecule has 0 spiro atoms. The Hall–Kier alpha value is -0.320. The van der Waals surface area contributed by atoms with Crippen LogP contribution < -0.4 is 10.6 Å². The van der Waals surface area contributed by atoms with E-state index in [0.29, 0.717) is 13.2 Å². The molecule has 1 saturated heterocycles. The van der Waals surface area contributed by atoms with Gasteiger partial charge in [0.25, 0.3) is 0 Å². The van der Waals surface area contributed by atoms with Gasteiger partial charge < -0.3 is 15.4 Å². The number of hydrogen-bond donors (Lipinski definition) is 2. The fourth-order valence-corrected chi connectivity index (χ4v) is 1.67. The Morgan fingerprint density at radius 2 is 2.25 bits per heavy atom. The molecule has 0 aromatic heterocycles. The zero-order valence-corrected chi connectivity index (χ0v) is 10.9. The molecule has 0 radical (unpaired) electrons. The average molecular weight is 251 g/mol. The van der Waals surface area contributed by atoms with Crippen molar-refractivity contribution >= 4 is 18.3 Å². The number of piperidine rings is 1. The summed E-state index contributed by atoms with van der Waals surface area (Å²) in [7, 11) is 0. The van der Waals surface area contributed by atoms with Gasteiger partial charge in [0.05, 0.1) is 18.8 Å². The molecule has 0 aliphatic carbocycles. The van der Waals surface area contributed by atoms with E-state index in [2.05, 4.69) is 10.6 Å². The number of nitrogens with one attached hydrogen (secondary N) is 2. The van der Waals surface area contributed by atoms with Crippen molar-refractivity contribution in [3.63, 3.8) is 0 Å². The van der Waals surface area contributed by atoms with E-state index < -0.39 is 0 Å². The molecule has 1 rings (SSSR count). The first kappa shape index (κ1) is 15.7. The highest BCUT2D eigenvalue weighted by Gasteiger charge is 2.19. The lowest BCUT2D eigenvalue weighted by Crippen LogP contribution is -2.47. The predicted molar refractivity (Wildman–Crippen MR) is 67.0 cm³/mol. The van der Waals surface area contributed by atoms with Gasteiger partial charge in [0, 0.05) is 6.54 Å². The van der Waals surface area contributed by atoms with Gasteiger partial charge in [0.15, 0.2) is 0 Å². The van der Waals surface area contributed by atoms with Gasteiger partial charge in [-0.3, -0.25) is 4.79 Å². The first-order chi connectivity index (χ1) is 7.20. The van der Waals surface area contributed by atoms with E-state index in [1.165, 1.54) is 6.42 Å². The third kappa shape index (κ3) is 6.30. The summed E-state index contributed by atoms with van der Waals surface area (Å²) in [4.78, 5) is 11.6. The van der Waals surface area contributed by atoms with Gasteiger partial charge in [0.2, 0.25) is 5.91 Å². The van der Waals surface area contributed by atoms with E-state index in [4.69, 9.17) is 4.74 Å². The molecule has 0 saturated carbocycles. The van der Waals surface area contributed by atoms with Crippen LogP contribution in [-0.2, 0) is 9.53 Å². The first-order valence-electron chi connectivity index (χ1n) is 5.83. The van der Waals surface area contributed by atoms with Crippen molar-refractivity contribution < 1.29 is 9.53 Å². The van der Waals surface area contributed by atoms with Crippen LogP contribution in [0.1, 0.15) is 33.1 Å². The second kappa shape index (κ2) is 8.79. The van der Waals surface area contributed by atoms with Crippen LogP contribution in [0.25, 0.3) is 0 Å². The van der Waals surface area contributed by atoms with Gasteiger partial charge in [-0.1, -0.05) is 6.42 Å². The van der Waals surface area contributed by atoms with Gasteiger partial charge >= 0.3 is 0 Å². The molecule has 1 atom stereocenters. The highest BCUT2D eigenvalue weighted by molar-refractivity contribution is 5.85. The van der Waals surface area contributed by atoms with Gasteiger partial charge in [-0.05, 0) is 33.2 Å². The molecule has 96 valence electrons. The van der Waals surface area contributed by atoms with Crippen molar-refractivity contribution in [2.24, 2.45) is 0 Å². The van der Waals surface area contributed by atoms with Crippen LogP contribution in [0.15, 0.2) is 0 Å². The molecule has 5 heteroatoms. The maximum Gasteiger partial charge on any atom is 0.237 e. The van der Waals surface area contributed by atoms with E-state index in [0.717, 1.165) is 19.4 Å². The second-order valence-electron chi connectivity index (χ2n) is 4.21. The number of carbonyl (C=O) groups excluding carboxylic acids is 1. The Morgan fingerprint density at radius 1 is 1.50 bits per heavy atom. The van der Waals surface area contributed by atoms with Crippen LogP contribution in [-0.4, -0.2) is 37.7 Å². The van der Waals surface area contributed by atoms with E-state index in [1.54, 1.807) is 0 Å². The Bertz CT molecular complexity index is 194. The average Bonchev–Trinajstić information content (AvgIpc) is 2.25. The van der Waals surface area contributed by atoms with Crippen molar-refractivity contribution in [2.45, 2.75) is 45.3 Å². The van der Waals surface area contributed by atoms with Crippen molar-refractivity contribution in [1.82, 2.24) is 10.6 Å². The largest absolute Gasteiger partial charge is 0.377 e. The molecular weight excluding hydrogens is 228 g/mol. The van der Waals surface area contributed by atoms with Gasteiger partial charge in [-0.25, -0.2) is 0 Å². The highest BCUT2D eigenvalue weighted by atomic mass is 35.5. The zero-order chi connectivity index (χ0) is 11.1. The molecule has 1 aliphatic heterocycles. The number of rotatable bonds is 5. The number of carbonyl (C=O) groups is 1. The number of amides is 1. The Labute approximate surface area is 104 Å². The SMILES string of the molecule is CC(C)OCCNC(=O)[C@@H]1CCCCN1.Cl. The standard InChI is InChI=1S/C11H22N2O2.ClH/c1-9(2)15-8-7-13-11(14)10-5-3-4-6-12-10;/h9-10,12H,3-8H2,1-2H3,(H,13,14);1H/t10-;/m0./s1. The molecule has 4 nitrogen and oxygen atoms in total. The van der Waals surface area contributed by atoms with E-state index in [1.807, 2.05) is 13.8 Å². The molecule has 1 heterocycles. The van der Waals surface area contributed by atoms with E-state index in [-0.39, 0.29) is 30.5 Å². The summed E-state index contributed by atoms with van der Waals surface area (Å²) in [6, 6.07) is 0.0119. The number of halogens is 1. The molecule has 0 bridgehead atoms. The van der Waals surface area contributed by atoms with Gasteiger partial charge in [-0.15, -0.1) is 12.4 Å². The molecule has 16 heavy (non-hydrogen) atoms. The quantitative estimate of drug-likeness (QED) is 0.719. The third-order valence-electron chi connectivity index (χ3n) is 2.48. The maximum atomic E-state index is 11.6. The molecular formula is C11H23ClN2O2. The normalized spacial score (nSPS) is 20.3. The lowest BCUT2D eigenvalue weighted by molar-refractivity contribution is -0.124. The monoisotopic (exact) mass is 250 g/mol. The summed E-state index contributed by atoms with van der Waals surface area (Å²) in [5.74, 6) is 0.113. The minimum Gasteiger partial charge on any atom is -0.377 e. The summed E-state index contributed by atoms with van der Waals surface area (Å²) < 4.78 is 5.34. The Kier molecular flexibility index (Phi) is 8.61.